The maximum absolute atomic E-state index is 5.93. The summed E-state index contributed by atoms with van der Waals surface area (Å²) in [5.41, 5.74) is 0.954. The average Bonchev–Trinajstić information content (AvgIpc) is 2.52. The number of nitrogens with one attached hydrogen (secondary N) is 2. The number of ether oxygens (including phenoxy) is 1. The van der Waals surface area contributed by atoms with Crippen LogP contribution in [0, 0.1) is 6.92 Å². The first-order valence-corrected chi connectivity index (χ1v) is 5.09. The van der Waals surface area contributed by atoms with Crippen LogP contribution in [-0.2, 0) is 0 Å². The number of rotatable bonds is 2. The summed E-state index contributed by atoms with van der Waals surface area (Å²) in [5, 5.41) is 3.33. The fraction of sp³-hybridized carbons (Fsp3) is 0.700. The van der Waals surface area contributed by atoms with Gasteiger partial charge in [0.25, 0.3) is 0 Å². The molecule has 0 saturated carbocycles. The molecule has 2 N–H and O–H groups in total. The Labute approximate surface area is 84.1 Å². The van der Waals surface area contributed by atoms with Gasteiger partial charge in [0.15, 0.2) is 0 Å². The van der Waals surface area contributed by atoms with E-state index in [0.717, 1.165) is 37.5 Å². The molecule has 14 heavy (non-hydrogen) atoms. The smallest absolute Gasteiger partial charge is 0.235 e. The molecule has 78 valence electrons. The highest BCUT2D eigenvalue weighted by Crippen LogP contribution is 2.25. The number of aryl methyl sites for hydroxylation is 1. The number of piperidine rings is 1. The molecule has 2 heterocycles. The van der Waals surface area contributed by atoms with E-state index >= 15 is 0 Å². The number of aromatic amines is 1. The van der Waals surface area contributed by atoms with Crippen LogP contribution < -0.4 is 10.1 Å². The van der Waals surface area contributed by atoms with Crippen molar-refractivity contribution < 1.29 is 4.74 Å². The lowest BCUT2D eigenvalue weighted by Crippen LogP contribution is -2.44. The van der Waals surface area contributed by atoms with E-state index in [-0.39, 0.29) is 5.60 Å². The third-order valence-electron chi connectivity index (χ3n) is 2.79. The lowest BCUT2D eigenvalue weighted by atomic mass is 9.95. The van der Waals surface area contributed by atoms with E-state index in [2.05, 4.69) is 22.2 Å². The van der Waals surface area contributed by atoms with E-state index in [4.69, 9.17) is 4.74 Å². The first-order chi connectivity index (χ1) is 6.70. The van der Waals surface area contributed by atoms with Crippen molar-refractivity contribution in [1.29, 1.82) is 0 Å². The zero-order valence-corrected chi connectivity index (χ0v) is 8.76. The Bertz CT molecular complexity index is 302. The monoisotopic (exact) mass is 195 g/mol. The van der Waals surface area contributed by atoms with Crippen molar-refractivity contribution in [3.8, 4) is 5.88 Å². The van der Waals surface area contributed by atoms with Crippen LogP contribution in [0.4, 0.5) is 0 Å². The van der Waals surface area contributed by atoms with Gasteiger partial charge in [-0.1, -0.05) is 0 Å². The Morgan fingerprint density at radius 2 is 2.14 bits per heavy atom. The second kappa shape index (κ2) is 3.61. The van der Waals surface area contributed by atoms with Gasteiger partial charge in [-0.05, 0) is 39.8 Å². The van der Waals surface area contributed by atoms with Crippen LogP contribution >= 0.6 is 0 Å². The van der Waals surface area contributed by atoms with Gasteiger partial charge in [-0.15, -0.1) is 0 Å². The minimum Gasteiger partial charge on any atom is -0.470 e. The molecule has 1 aliphatic heterocycles. The van der Waals surface area contributed by atoms with Gasteiger partial charge in [0.1, 0.15) is 5.60 Å². The average molecular weight is 195 g/mol. The van der Waals surface area contributed by atoms with Gasteiger partial charge in [0.05, 0.1) is 12.0 Å². The summed E-state index contributed by atoms with van der Waals surface area (Å²) >= 11 is 0. The molecule has 0 bridgehead atoms. The fourth-order valence-electron chi connectivity index (χ4n) is 1.74. The zero-order valence-electron chi connectivity index (χ0n) is 8.76. The molecule has 4 nitrogen and oxygen atoms in total. The predicted molar refractivity (Wildman–Crippen MR) is 54.5 cm³/mol. The molecule has 1 aliphatic rings. The van der Waals surface area contributed by atoms with Crippen LogP contribution in [0.15, 0.2) is 6.33 Å². The highest BCUT2D eigenvalue weighted by molar-refractivity contribution is 5.16. The van der Waals surface area contributed by atoms with Crippen molar-refractivity contribution in [1.82, 2.24) is 15.3 Å². The summed E-state index contributed by atoms with van der Waals surface area (Å²) in [7, 11) is 0. The van der Waals surface area contributed by atoms with Gasteiger partial charge in [-0.25, -0.2) is 4.98 Å². The molecule has 1 aromatic rings. The van der Waals surface area contributed by atoms with Gasteiger partial charge in [0, 0.05) is 0 Å². The van der Waals surface area contributed by atoms with Crippen molar-refractivity contribution >= 4 is 0 Å². The zero-order chi connectivity index (χ0) is 10.0. The second-order valence-corrected chi connectivity index (χ2v) is 4.13. The fourth-order valence-corrected chi connectivity index (χ4v) is 1.74. The second-order valence-electron chi connectivity index (χ2n) is 4.13. The molecule has 0 radical (unpaired) electrons. The van der Waals surface area contributed by atoms with Crippen LogP contribution in [0.2, 0.25) is 0 Å². The first-order valence-electron chi connectivity index (χ1n) is 5.09. The maximum Gasteiger partial charge on any atom is 0.235 e. The molecule has 0 unspecified atom stereocenters. The Hall–Kier alpha value is -1.03. The highest BCUT2D eigenvalue weighted by Gasteiger charge is 2.29. The van der Waals surface area contributed by atoms with E-state index in [1.54, 1.807) is 6.33 Å². The number of nitrogens with zero attached hydrogens (tertiary/aromatic N) is 1. The summed E-state index contributed by atoms with van der Waals surface area (Å²) in [5.74, 6) is 0.745. The first kappa shape index (κ1) is 9.52. The summed E-state index contributed by atoms with van der Waals surface area (Å²) in [6, 6.07) is 0. The minimum atomic E-state index is -0.0504. The van der Waals surface area contributed by atoms with Gasteiger partial charge in [-0.3, -0.25) is 0 Å². The maximum atomic E-state index is 5.93. The van der Waals surface area contributed by atoms with Crippen LogP contribution in [0.1, 0.15) is 25.5 Å². The standard InChI is InChI=1S/C10H17N3O/c1-8-9(13-7-12-8)14-10(2)3-5-11-6-4-10/h7,11H,3-6H2,1-2H3,(H,12,13). The Morgan fingerprint density at radius 1 is 1.43 bits per heavy atom. The van der Waals surface area contributed by atoms with Gasteiger partial charge < -0.3 is 15.0 Å². The van der Waals surface area contributed by atoms with E-state index in [1.165, 1.54) is 0 Å². The Kier molecular flexibility index (Phi) is 2.46. The van der Waals surface area contributed by atoms with Crippen LogP contribution in [-0.4, -0.2) is 28.7 Å². The summed E-state index contributed by atoms with van der Waals surface area (Å²) in [6.07, 6.45) is 3.76. The SMILES string of the molecule is Cc1[nH]cnc1OC1(C)CCNCC1. The van der Waals surface area contributed by atoms with E-state index in [9.17, 15) is 0 Å². The molecule has 1 aromatic heterocycles. The molecule has 4 heteroatoms. The number of hydrogen-bond donors (Lipinski definition) is 2. The molecule has 0 atom stereocenters. The topological polar surface area (TPSA) is 49.9 Å². The van der Waals surface area contributed by atoms with Crippen molar-refractivity contribution in [3.63, 3.8) is 0 Å². The van der Waals surface area contributed by atoms with Gasteiger partial charge >= 0.3 is 0 Å². The lowest BCUT2D eigenvalue weighted by molar-refractivity contribution is 0.0505. The largest absolute Gasteiger partial charge is 0.470 e. The van der Waals surface area contributed by atoms with Gasteiger partial charge in [-0.2, -0.15) is 0 Å². The molecule has 1 saturated heterocycles. The Morgan fingerprint density at radius 3 is 2.71 bits per heavy atom. The van der Waals surface area contributed by atoms with E-state index in [1.807, 2.05) is 6.92 Å². The molecule has 0 aliphatic carbocycles. The van der Waals surface area contributed by atoms with E-state index < -0.39 is 0 Å². The molecule has 1 fully saturated rings. The Balaban J connectivity index is 2.05. The summed E-state index contributed by atoms with van der Waals surface area (Å²) in [6.45, 7) is 6.19. The molecular formula is C10H17N3O. The number of H-pyrrole nitrogens is 1. The van der Waals surface area contributed by atoms with Gasteiger partial charge in [0.2, 0.25) is 5.88 Å². The van der Waals surface area contributed by atoms with Crippen molar-refractivity contribution in [2.75, 3.05) is 13.1 Å². The van der Waals surface area contributed by atoms with Crippen LogP contribution in [0.25, 0.3) is 0 Å². The quantitative estimate of drug-likeness (QED) is 0.746. The predicted octanol–water partition coefficient (Wildman–Crippen LogP) is 1.24. The molecule has 2 rings (SSSR count). The third kappa shape index (κ3) is 1.90. The molecule has 0 amide bonds. The van der Waals surface area contributed by atoms with Crippen molar-refractivity contribution in [2.24, 2.45) is 0 Å². The summed E-state index contributed by atoms with van der Waals surface area (Å²) in [4.78, 5) is 7.18. The highest BCUT2D eigenvalue weighted by atomic mass is 16.5. The third-order valence-corrected chi connectivity index (χ3v) is 2.79. The molecule has 0 spiro atoms. The van der Waals surface area contributed by atoms with Crippen molar-refractivity contribution in [2.45, 2.75) is 32.3 Å². The number of aromatic nitrogens is 2. The van der Waals surface area contributed by atoms with Crippen LogP contribution in [0.3, 0.4) is 0 Å². The summed E-state index contributed by atoms with van der Waals surface area (Å²) < 4.78 is 5.93. The minimum absolute atomic E-state index is 0.0504. The van der Waals surface area contributed by atoms with Crippen LogP contribution in [0.5, 0.6) is 5.88 Å². The normalized spacial score (nSPS) is 20.7. The van der Waals surface area contributed by atoms with E-state index in [0.29, 0.717) is 0 Å². The lowest BCUT2D eigenvalue weighted by Gasteiger charge is -2.33. The number of imidazole rings is 1. The number of hydrogen-bond acceptors (Lipinski definition) is 3. The van der Waals surface area contributed by atoms with Crippen molar-refractivity contribution in [3.05, 3.63) is 12.0 Å². The molecule has 0 aromatic carbocycles. The molecular weight excluding hydrogens is 178 g/mol.